The molecule has 0 bridgehead atoms. The van der Waals surface area contributed by atoms with E-state index in [2.05, 4.69) is 11.1 Å². The van der Waals surface area contributed by atoms with Crippen LogP contribution in [0.15, 0.2) is 18.3 Å². The largest absolute Gasteiger partial charge is 0.493 e. The molecule has 0 saturated carbocycles. The first kappa shape index (κ1) is 15.8. The lowest BCUT2D eigenvalue weighted by molar-refractivity contribution is 0.263. The second kappa shape index (κ2) is 6.59. The summed E-state index contributed by atoms with van der Waals surface area (Å²) in [5.74, 6) is 2.20. The molecule has 6 nitrogen and oxygen atoms in total. The molecule has 1 aliphatic carbocycles. The minimum absolute atomic E-state index is 0.178. The van der Waals surface area contributed by atoms with Crippen LogP contribution in [0, 0.1) is 11.3 Å². The number of hydrogen-bond acceptors (Lipinski definition) is 5. The Bertz CT molecular complexity index is 883. The van der Waals surface area contributed by atoms with Crippen molar-refractivity contribution in [2.75, 3.05) is 21.3 Å². The number of nitriles is 1. The number of methoxy groups -OCH3 is 3. The molecule has 24 heavy (non-hydrogen) atoms. The van der Waals surface area contributed by atoms with E-state index in [0.29, 0.717) is 35.0 Å². The van der Waals surface area contributed by atoms with Crippen molar-refractivity contribution in [1.82, 2.24) is 4.98 Å². The molecule has 0 fully saturated rings. The van der Waals surface area contributed by atoms with Crippen LogP contribution in [0.3, 0.4) is 0 Å². The Morgan fingerprint density at radius 3 is 2.42 bits per heavy atom. The lowest BCUT2D eigenvalue weighted by atomic mass is 10.1. The maximum Gasteiger partial charge on any atom is 0.203 e. The van der Waals surface area contributed by atoms with Gasteiger partial charge in [-0.25, -0.2) is 0 Å². The van der Waals surface area contributed by atoms with E-state index in [1.54, 1.807) is 39.7 Å². The van der Waals surface area contributed by atoms with Gasteiger partial charge in [-0.05, 0) is 6.08 Å². The Hall–Kier alpha value is -3.07. The standard InChI is InChI=1S/C18H18N2O4/c1-21-16-7-13(8-17(22-2)18(16)23-3)24-12-4-5-15-14(6-12)11(9-19)10-20-15/h5-8,10,12,20H,4H2,1-3H3. The summed E-state index contributed by atoms with van der Waals surface area (Å²) >= 11 is 0. The molecular formula is C18H18N2O4. The van der Waals surface area contributed by atoms with Gasteiger partial charge in [0.1, 0.15) is 17.9 Å². The van der Waals surface area contributed by atoms with Crippen molar-refractivity contribution in [1.29, 1.82) is 5.26 Å². The van der Waals surface area contributed by atoms with Gasteiger partial charge in [-0.3, -0.25) is 0 Å². The number of H-pyrrole nitrogens is 1. The van der Waals surface area contributed by atoms with Gasteiger partial charge in [0, 0.05) is 35.3 Å². The van der Waals surface area contributed by atoms with Crippen LogP contribution in [0.4, 0.5) is 0 Å². The number of rotatable bonds is 5. The van der Waals surface area contributed by atoms with Gasteiger partial charge in [-0.1, -0.05) is 6.08 Å². The molecule has 1 unspecified atom stereocenters. The molecule has 124 valence electrons. The maximum atomic E-state index is 9.16. The third-order valence-electron chi connectivity index (χ3n) is 3.91. The fourth-order valence-electron chi connectivity index (χ4n) is 2.76. The average molecular weight is 326 g/mol. The van der Waals surface area contributed by atoms with Crippen LogP contribution in [-0.2, 0) is 0 Å². The van der Waals surface area contributed by atoms with Gasteiger partial charge >= 0.3 is 0 Å². The van der Waals surface area contributed by atoms with Gasteiger partial charge in [-0.2, -0.15) is 5.26 Å². The first-order valence-corrected chi connectivity index (χ1v) is 7.46. The smallest absolute Gasteiger partial charge is 0.203 e. The molecule has 3 rings (SSSR count). The molecule has 0 amide bonds. The molecule has 2 aromatic rings. The zero-order valence-corrected chi connectivity index (χ0v) is 13.8. The Kier molecular flexibility index (Phi) is 4.34. The number of nitrogens with zero attached hydrogens (tertiary/aromatic N) is 1. The number of ether oxygens (including phenoxy) is 4. The van der Waals surface area contributed by atoms with Crippen LogP contribution < -0.4 is 29.5 Å². The monoisotopic (exact) mass is 326 g/mol. The van der Waals surface area contributed by atoms with Gasteiger partial charge < -0.3 is 23.9 Å². The quantitative estimate of drug-likeness (QED) is 0.897. The third kappa shape index (κ3) is 2.76. The van der Waals surface area contributed by atoms with E-state index in [-0.39, 0.29) is 6.10 Å². The summed E-state index contributed by atoms with van der Waals surface area (Å²) in [6, 6.07) is 5.69. The zero-order valence-electron chi connectivity index (χ0n) is 13.8. The molecule has 1 atom stereocenters. The fourth-order valence-corrected chi connectivity index (χ4v) is 2.76. The van der Waals surface area contributed by atoms with Crippen molar-refractivity contribution in [2.45, 2.75) is 12.5 Å². The highest BCUT2D eigenvalue weighted by Gasteiger charge is 2.17. The van der Waals surface area contributed by atoms with Crippen molar-refractivity contribution in [3.63, 3.8) is 0 Å². The van der Waals surface area contributed by atoms with Crippen LogP contribution in [0.1, 0.15) is 12.0 Å². The van der Waals surface area contributed by atoms with Crippen LogP contribution >= 0.6 is 0 Å². The van der Waals surface area contributed by atoms with Gasteiger partial charge in [0.05, 0.1) is 26.9 Å². The minimum Gasteiger partial charge on any atom is -0.493 e. The number of aromatic nitrogens is 1. The van der Waals surface area contributed by atoms with Crippen molar-refractivity contribution >= 4 is 12.2 Å². The number of benzene rings is 1. The van der Waals surface area contributed by atoms with E-state index in [1.807, 2.05) is 12.2 Å². The molecule has 1 heterocycles. The molecule has 0 radical (unpaired) electrons. The second-order valence-electron chi connectivity index (χ2n) is 5.27. The summed E-state index contributed by atoms with van der Waals surface area (Å²) < 4.78 is 22.0. The van der Waals surface area contributed by atoms with Gasteiger partial charge in [0.25, 0.3) is 0 Å². The fraction of sp³-hybridized carbons (Fsp3) is 0.278. The third-order valence-corrected chi connectivity index (χ3v) is 3.91. The molecule has 1 aliphatic rings. The highest BCUT2D eigenvalue weighted by Crippen LogP contribution is 2.41. The first-order valence-electron chi connectivity index (χ1n) is 7.46. The number of hydrogen-bond donors (Lipinski definition) is 1. The topological polar surface area (TPSA) is 76.5 Å². The van der Waals surface area contributed by atoms with E-state index >= 15 is 0 Å². The van der Waals surface area contributed by atoms with Gasteiger partial charge in [0.2, 0.25) is 5.75 Å². The Labute approximate surface area is 139 Å². The molecule has 1 aromatic heterocycles. The molecule has 1 N–H and O–H groups in total. The Morgan fingerprint density at radius 1 is 1.12 bits per heavy atom. The van der Waals surface area contributed by atoms with E-state index in [1.165, 1.54) is 0 Å². The lowest BCUT2D eigenvalue weighted by Gasteiger charge is -2.19. The van der Waals surface area contributed by atoms with Crippen molar-refractivity contribution in [2.24, 2.45) is 0 Å². The Balaban J connectivity index is 1.93. The van der Waals surface area contributed by atoms with Gasteiger partial charge in [0.15, 0.2) is 11.5 Å². The zero-order chi connectivity index (χ0) is 17.1. The normalized spacial score (nSPS) is 15.3. The van der Waals surface area contributed by atoms with Crippen molar-refractivity contribution < 1.29 is 18.9 Å². The first-order chi connectivity index (χ1) is 11.7. The van der Waals surface area contributed by atoms with Crippen LogP contribution in [0.2, 0.25) is 0 Å². The Morgan fingerprint density at radius 2 is 1.83 bits per heavy atom. The molecule has 1 aromatic carbocycles. The van der Waals surface area contributed by atoms with Crippen molar-refractivity contribution in [3.8, 4) is 29.1 Å². The lowest BCUT2D eigenvalue weighted by Crippen LogP contribution is -2.32. The highest BCUT2D eigenvalue weighted by molar-refractivity contribution is 5.56. The molecule has 0 spiro atoms. The maximum absolute atomic E-state index is 9.16. The average Bonchev–Trinajstić information content (AvgIpc) is 3.03. The number of nitrogens with one attached hydrogen (secondary N) is 1. The summed E-state index contributed by atoms with van der Waals surface area (Å²) in [7, 11) is 4.68. The molecule has 0 saturated heterocycles. The summed E-state index contributed by atoms with van der Waals surface area (Å²) in [4.78, 5) is 3.09. The van der Waals surface area contributed by atoms with E-state index in [0.717, 1.165) is 10.6 Å². The van der Waals surface area contributed by atoms with Crippen LogP contribution in [0.25, 0.3) is 12.2 Å². The number of fused-ring (bicyclic) bond motifs is 1. The highest BCUT2D eigenvalue weighted by atomic mass is 16.5. The summed E-state index contributed by atoms with van der Waals surface area (Å²) in [6.07, 6.45) is 6.21. The van der Waals surface area contributed by atoms with Gasteiger partial charge in [-0.15, -0.1) is 0 Å². The summed E-state index contributed by atoms with van der Waals surface area (Å²) in [5, 5.41) is 11.0. The minimum atomic E-state index is -0.178. The van der Waals surface area contributed by atoms with E-state index in [4.69, 9.17) is 24.2 Å². The van der Waals surface area contributed by atoms with Crippen molar-refractivity contribution in [3.05, 3.63) is 34.5 Å². The second-order valence-corrected chi connectivity index (χ2v) is 5.27. The predicted octanol–water partition coefficient (Wildman–Crippen LogP) is 1.32. The summed E-state index contributed by atoms with van der Waals surface area (Å²) in [5.41, 5.74) is 0.611. The number of aromatic amines is 1. The van der Waals surface area contributed by atoms with Crippen LogP contribution in [0.5, 0.6) is 23.0 Å². The molecule has 6 heteroatoms. The summed E-state index contributed by atoms with van der Waals surface area (Å²) in [6.45, 7) is 0. The SMILES string of the molecule is COc1cc(OC2C=c3c(C#N)c[nH]c3=CC2)cc(OC)c1OC. The van der Waals surface area contributed by atoms with Crippen LogP contribution in [-0.4, -0.2) is 32.4 Å². The van der Waals surface area contributed by atoms with E-state index < -0.39 is 0 Å². The molecular weight excluding hydrogens is 308 g/mol. The predicted molar refractivity (Wildman–Crippen MR) is 88.8 cm³/mol. The van der Waals surface area contributed by atoms with E-state index in [9.17, 15) is 0 Å². The molecule has 0 aliphatic heterocycles.